The molecule has 2 unspecified atom stereocenters. The van der Waals surface area contributed by atoms with E-state index in [9.17, 15) is 9.59 Å². The first-order chi connectivity index (χ1) is 10.3. The topological polar surface area (TPSA) is 61.4 Å². The minimum absolute atomic E-state index is 0. The van der Waals surface area contributed by atoms with Gasteiger partial charge in [-0.3, -0.25) is 14.9 Å². The number of hydrogen-bond acceptors (Lipinski definition) is 4. The molecule has 22 heavy (non-hydrogen) atoms. The van der Waals surface area contributed by atoms with E-state index in [2.05, 4.69) is 10.6 Å². The van der Waals surface area contributed by atoms with Gasteiger partial charge >= 0.3 is 0 Å². The normalized spacial score (nSPS) is 24.7. The van der Waals surface area contributed by atoms with Gasteiger partial charge in [0.25, 0.3) is 0 Å². The van der Waals surface area contributed by atoms with Crippen molar-refractivity contribution in [2.45, 2.75) is 24.9 Å². The summed E-state index contributed by atoms with van der Waals surface area (Å²) in [5, 5.41) is 6.03. The predicted octanol–water partition coefficient (Wildman–Crippen LogP) is 1.38. The minimum Gasteiger partial charge on any atom is -0.343 e. The van der Waals surface area contributed by atoms with Crippen molar-refractivity contribution in [2.75, 3.05) is 23.1 Å². The van der Waals surface area contributed by atoms with Crippen LogP contribution in [0.4, 0.5) is 5.69 Å². The number of benzene rings is 1. The second kappa shape index (κ2) is 7.85. The van der Waals surface area contributed by atoms with Crippen LogP contribution in [0.2, 0.25) is 0 Å². The number of carbonyl (C=O) groups is 2. The number of para-hydroxylation sites is 1. The molecular formula is C15H20ClN3O2S. The second-order valence-corrected chi connectivity index (χ2v) is 6.33. The van der Waals surface area contributed by atoms with E-state index >= 15 is 0 Å². The van der Waals surface area contributed by atoms with Gasteiger partial charge in [0, 0.05) is 23.9 Å². The summed E-state index contributed by atoms with van der Waals surface area (Å²) in [7, 11) is 0. The van der Waals surface area contributed by atoms with Crippen LogP contribution in [0.1, 0.15) is 12.8 Å². The molecule has 2 aliphatic rings. The maximum atomic E-state index is 12.6. The highest BCUT2D eigenvalue weighted by Gasteiger charge is 2.33. The van der Waals surface area contributed by atoms with Gasteiger partial charge in [0.05, 0.1) is 6.04 Å². The molecule has 2 heterocycles. The first kappa shape index (κ1) is 17.1. The van der Waals surface area contributed by atoms with E-state index in [-0.39, 0.29) is 30.3 Å². The summed E-state index contributed by atoms with van der Waals surface area (Å²) in [6.07, 6.45) is 1.62. The van der Waals surface area contributed by atoms with Gasteiger partial charge in [-0.2, -0.15) is 0 Å². The van der Waals surface area contributed by atoms with Crippen molar-refractivity contribution in [3.8, 4) is 0 Å². The summed E-state index contributed by atoms with van der Waals surface area (Å²) in [6, 6.07) is 9.05. The maximum absolute atomic E-state index is 12.6. The van der Waals surface area contributed by atoms with E-state index in [1.165, 1.54) is 0 Å². The standard InChI is InChI=1S/C15H19N3O2S.ClH/c19-14(13-9-21-10-16-13)17-12-7-4-8-18(15(12)20)11-5-2-1-3-6-11;/h1-3,5-6,12-13,16H,4,7-10H2,(H,17,19);1H. The molecule has 0 aliphatic carbocycles. The average Bonchev–Trinajstić information content (AvgIpc) is 3.05. The highest BCUT2D eigenvalue weighted by atomic mass is 35.5. The van der Waals surface area contributed by atoms with Crippen molar-refractivity contribution in [1.82, 2.24) is 10.6 Å². The minimum atomic E-state index is -0.404. The summed E-state index contributed by atoms with van der Waals surface area (Å²) in [5.74, 6) is 1.50. The molecule has 0 bridgehead atoms. The van der Waals surface area contributed by atoms with Gasteiger partial charge in [0.15, 0.2) is 0 Å². The Kier molecular flexibility index (Phi) is 6.11. The SMILES string of the molecule is Cl.O=C(NC1CCCN(c2ccccc2)C1=O)C1CSCN1. The monoisotopic (exact) mass is 341 g/mol. The molecule has 3 rings (SSSR count). The zero-order valence-corrected chi connectivity index (χ0v) is 13.8. The van der Waals surface area contributed by atoms with Crippen LogP contribution in [0, 0.1) is 0 Å². The van der Waals surface area contributed by atoms with E-state index < -0.39 is 6.04 Å². The van der Waals surface area contributed by atoms with Crippen LogP contribution in [-0.2, 0) is 9.59 Å². The van der Waals surface area contributed by atoms with E-state index in [1.807, 2.05) is 30.3 Å². The molecule has 2 saturated heterocycles. The molecule has 0 saturated carbocycles. The van der Waals surface area contributed by atoms with Gasteiger partial charge in [-0.1, -0.05) is 18.2 Å². The fourth-order valence-electron chi connectivity index (χ4n) is 2.71. The molecule has 7 heteroatoms. The first-order valence-electron chi connectivity index (χ1n) is 7.23. The Bertz CT molecular complexity index is 523. The molecule has 1 aromatic rings. The molecule has 2 N–H and O–H groups in total. The number of anilines is 1. The van der Waals surface area contributed by atoms with Crippen molar-refractivity contribution in [3.05, 3.63) is 30.3 Å². The van der Waals surface area contributed by atoms with Crippen molar-refractivity contribution in [2.24, 2.45) is 0 Å². The number of rotatable bonds is 3. The molecule has 2 amide bonds. The van der Waals surface area contributed by atoms with Crippen LogP contribution < -0.4 is 15.5 Å². The summed E-state index contributed by atoms with van der Waals surface area (Å²) < 4.78 is 0. The maximum Gasteiger partial charge on any atom is 0.249 e. The number of nitrogens with zero attached hydrogens (tertiary/aromatic N) is 1. The van der Waals surface area contributed by atoms with Gasteiger partial charge in [-0.05, 0) is 25.0 Å². The molecule has 1 aromatic carbocycles. The highest BCUT2D eigenvalue weighted by Crippen LogP contribution is 2.21. The predicted molar refractivity (Wildman–Crippen MR) is 91.5 cm³/mol. The Hall–Kier alpha value is -1.24. The van der Waals surface area contributed by atoms with Gasteiger partial charge in [-0.15, -0.1) is 24.2 Å². The number of piperidine rings is 1. The van der Waals surface area contributed by atoms with Gasteiger partial charge in [0.2, 0.25) is 11.8 Å². The average molecular weight is 342 g/mol. The fraction of sp³-hybridized carbons (Fsp3) is 0.467. The van der Waals surface area contributed by atoms with Crippen molar-refractivity contribution >= 4 is 41.7 Å². The smallest absolute Gasteiger partial charge is 0.249 e. The fourth-order valence-corrected chi connectivity index (χ4v) is 3.65. The van der Waals surface area contributed by atoms with Crippen molar-refractivity contribution in [3.63, 3.8) is 0 Å². The van der Waals surface area contributed by atoms with Crippen LogP contribution in [-0.4, -0.2) is 42.1 Å². The Morgan fingerprint density at radius 3 is 2.77 bits per heavy atom. The Balaban J connectivity index is 0.00000176. The molecule has 0 aromatic heterocycles. The Morgan fingerprint density at radius 1 is 1.32 bits per heavy atom. The van der Waals surface area contributed by atoms with Crippen LogP contribution >= 0.6 is 24.2 Å². The van der Waals surface area contributed by atoms with Crippen molar-refractivity contribution in [1.29, 1.82) is 0 Å². The summed E-state index contributed by atoms with van der Waals surface area (Å²) in [5.41, 5.74) is 0.899. The third-order valence-corrected chi connectivity index (χ3v) is 4.80. The Morgan fingerprint density at radius 2 is 2.09 bits per heavy atom. The number of halogens is 1. The lowest BCUT2D eigenvalue weighted by Gasteiger charge is -2.33. The lowest BCUT2D eigenvalue weighted by atomic mass is 10.0. The van der Waals surface area contributed by atoms with E-state index in [0.29, 0.717) is 13.0 Å². The first-order valence-corrected chi connectivity index (χ1v) is 8.39. The highest BCUT2D eigenvalue weighted by molar-refractivity contribution is 7.99. The Labute approximate surface area is 140 Å². The lowest BCUT2D eigenvalue weighted by molar-refractivity contribution is -0.129. The summed E-state index contributed by atoms with van der Waals surface area (Å²) in [6.45, 7) is 0.715. The van der Waals surface area contributed by atoms with Crippen molar-refractivity contribution < 1.29 is 9.59 Å². The quantitative estimate of drug-likeness (QED) is 0.872. The number of amides is 2. The molecule has 120 valence electrons. The van der Waals surface area contributed by atoms with E-state index in [1.54, 1.807) is 16.7 Å². The third-order valence-electron chi connectivity index (χ3n) is 3.86. The number of carbonyl (C=O) groups excluding carboxylic acids is 2. The summed E-state index contributed by atoms with van der Waals surface area (Å²) >= 11 is 1.70. The molecule has 0 radical (unpaired) electrons. The van der Waals surface area contributed by atoms with Crippen LogP contribution in [0.15, 0.2) is 30.3 Å². The molecule has 0 spiro atoms. The number of thioether (sulfide) groups is 1. The van der Waals surface area contributed by atoms with Crippen LogP contribution in [0.25, 0.3) is 0 Å². The number of hydrogen-bond donors (Lipinski definition) is 2. The van der Waals surface area contributed by atoms with E-state index in [0.717, 1.165) is 23.7 Å². The largest absolute Gasteiger partial charge is 0.343 e. The molecular weight excluding hydrogens is 322 g/mol. The number of nitrogens with one attached hydrogen (secondary N) is 2. The van der Waals surface area contributed by atoms with Crippen LogP contribution in [0.3, 0.4) is 0 Å². The van der Waals surface area contributed by atoms with E-state index in [4.69, 9.17) is 0 Å². The van der Waals surface area contributed by atoms with Gasteiger partial charge < -0.3 is 10.2 Å². The van der Waals surface area contributed by atoms with Crippen LogP contribution in [0.5, 0.6) is 0 Å². The molecule has 2 aliphatic heterocycles. The zero-order chi connectivity index (χ0) is 14.7. The second-order valence-electron chi connectivity index (χ2n) is 5.30. The molecule has 5 nitrogen and oxygen atoms in total. The third kappa shape index (κ3) is 3.74. The van der Waals surface area contributed by atoms with Gasteiger partial charge in [0.1, 0.15) is 6.04 Å². The molecule has 2 atom stereocenters. The zero-order valence-electron chi connectivity index (χ0n) is 12.2. The molecule has 2 fully saturated rings. The van der Waals surface area contributed by atoms with Gasteiger partial charge in [-0.25, -0.2) is 0 Å². The lowest BCUT2D eigenvalue weighted by Crippen LogP contribution is -2.55. The summed E-state index contributed by atoms with van der Waals surface area (Å²) in [4.78, 5) is 26.5.